The van der Waals surface area contributed by atoms with Crippen molar-refractivity contribution in [2.45, 2.75) is 39.7 Å². The second-order valence-electron chi connectivity index (χ2n) is 5.32. The quantitative estimate of drug-likeness (QED) is 0.882. The van der Waals surface area contributed by atoms with Crippen molar-refractivity contribution in [2.24, 2.45) is 0 Å². The number of likely N-dealkylation sites (N-methyl/N-ethyl adjacent to an activating group) is 1. The van der Waals surface area contributed by atoms with Crippen LogP contribution in [-0.2, 0) is 9.59 Å². The Bertz CT molecular complexity index is 634. The lowest BCUT2D eigenvalue weighted by molar-refractivity contribution is -0.138. The molecular formula is C14H21N3O4. The highest BCUT2D eigenvalue weighted by atomic mass is 16.4. The molecule has 1 N–H and O–H groups in total. The smallest absolute Gasteiger partial charge is 0.348 e. The van der Waals surface area contributed by atoms with Gasteiger partial charge in [-0.1, -0.05) is 0 Å². The molecule has 0 saturated carbocycles. The third kappa shape index (κ3) is 3.12. The number of hydrogen-bond donors (Lipinski definition) is 1. The van der Waals surface area contributed by atoms with Crippen LogP contribution in [0.2, 0.25) is 0 Å². The van der Waals surface area contributed by atoms with Crippen molar-refractivity contribution < 1.29 is 14.7 Å². The van der Waals surface area contributed by atoms with Crippen LogP contribution in [0.5, 0.6) is 0 Å². The maximum Gasteiger partial charge on any atom is 0.348 e. The number of amides is 1. The highest BCUT2D eigenvalue weighted by Crippen LogP contribution is 2.23. The summed E-state index contributed by atoms with van der Waals surface area (Å²) in [5.41, 5.74) is 0.771. The molecule has 0 aliphatic heterocycles. The number of nitrogens with zero attached hydrogens (tertiary/aromatic N) is 3. The molecule has 0 radical (unpaired) electrons. The molecule has 1 aromatic heterocycles. The van der Waals surface area contributed by atoms with E-state index in [1.165, 1.54) is 16.4 Å². The first kappa shape index (κ1) is 16.9. The second-order valence-corrected chi connectivity index (χ2v) is 5.32. The minimum atomic E-state index is -1.00. The maximum absolute atomic E-state index is 12.1. The van der Waals surface area contributed by atoms with Crippen molar-refractivity contribution >= 4 is 11.9 Å². The Balaban J connectivity index is 3.55. The summed E-state index contributed by atoms with van der Waals surface area (Å²) in [6, 6.07) is -0.736. The van der Waals surface area contributed by atoms with E-state index in [1.54, 1.807) is 34.9 Å². The van der Waals surface area contributed by atoms with Crippen LogP contribution in [0.25, 0.3) is 0 Å². The first-order chi connectivity index (χ1) is 9.59. The Hall–Kier alpha value is -2.18. The van der Waals surface area contributed by atoms with E-state index in [2.05, 4.69) is 4.98 Å². The van der Waals surface area contributed by atoms with Gasteiger partial charge in [-0.2, -0.15) is 4.98 Å². The van der Waals surface area contributed by atoms with Gasteiger partial charge in [0.15, 0.2) is 0 Å². The van der Waals surface area contributed by atoms with Crippen LogP contribution in [0, 0.1) is 13.8 Å². The van der Waals surface area contributed by atoms with Gasteiger partial charge >= 0.3 is 11.7 Å². The number of carboxylic acid groups (broad SMARTS) is 1. The molecule has 2 unspecified atom stereocenters. The second kappa shape index (κ2) is 6.07. The molecule has 0 saturated heterocycles. The monoisotopic (exact) mass is 295 g/mol. The topological polar surface area (TPSA) is 92.5 Å². The van der Waals surface area contributed by atoms with Gasteiger partial charge in [0.2, 0.25) is 5.91 Å². The molecule has 7 heteroatoms. The molecule has 2 atom stereocenters. The van der Waals surface area contributed by atoms with Crippen LogP contribution in [-0.4, -0.2) is 45.5 Å². The van der Waals surface area contributed by atoms with Crippen LogP contribution >= 0.6 is 0 Å². The van der Waals surface area contributed by atoms with E-state index in [0.717, 1.165) is 0 Å². The molecule has 0 bridgehead atoms. The lowest BCUT2D eigenvalue weighted by Gasteiger charge is -2.23. The lowest BCUT2D eigenvalue weighted by Crippen LogP contribution is -2.38. The summed E-state index contributed by atoms with van der Waals surface area (Å²) in [5, 5.41) is 9.19. The first-order valence-electron chi connectivity index (χ1n) is 6.63. The molecular weight excluding hydrogens is 274 g/mol. The predicted molar refractivity (Wildman–Crippen MR) is 77.4 cm³/mol. The SMILES string of the molecule is Cc1nc(=O)n(C(C)C(=O)N(C)C)c(C)c1C(C)C(=O)O. The minimum Gasteiger partial charge on any atom is -0.481 e. The van der Waals surface area contributed by atoms with E-state index in [0.29, 0.717) is 17.0 Å². The largest absolute Gasteiger partial charge is 0.481 e. The maximum atomic E-state index is 12.1. The Labute approximate surface area is 123 Å². The molecule has 0 aliphatic carbocycles. The van der Waals surface area contributed by atoms with Gasteiger partial charge < -0.3 is 10.0 Å². The molecule has 0 aromatic carbocycles. The van der Waals surface area contributed by atoms with Crippen LogP contribution in [0.1, 0.15) is 42.8 Å². The van der Waals surface area contributed by atoms with Crippen LogP contribution < -0.4 is 5.69 Å². The van der Waals surface area contributed by atoms with Crippen molar-refractivity contribution in [3.63, 3.8) is 0 Å². The van der Waals surface area contributed by atoms with Gasteiger partial charge in [-0.15, -0.1) is 0 Å². The van der Waals surface area contributed by atoms with E-state index in [4.69, 9.17) is 0 Å². The molecule has 1 rings (SSSR count). The summed E-state index contributed by atoms with van der Waals surface area (Å²) in [6.45, 7) is 6.38. The zero-order valence-electron chi connectivity index (χ0n) is 13.2. The molecule has 1 aromatic rings. The van der Waals surface area contributed by atoms with Crippen LogP contribution in [0.15, 0.2) is 4.79 Å². The average Bonchev–Trinajstić information content (AvgIpc) is 2.36. The van der Waals surface area contributed by atoms with Gasteiger partial charge in [0.05, 0.1) is 5.92 Å². The Morgan fingerprint density at radius 3 is 2.19 bits per heavy atom. The lowest BCUT2D eigenvalue weighted by atomic mass is 9.97. The standard InChI is InChI=1S/C14H21N3O4/c1-7(13(19)20)11-8(2)15-14(21)17(9(11)3)10(4)12(18)16(5)6/h7,10H,1-6H3,(H,19,20). The summed E-state index contributed by atoms with van der Waals surface area (Å²) in [5.74, 6) is -2.05. The van der Waals surface area contributed by atoms with Gasteiger partial charge in [0.25, 0.3) is 0 Å². The molecule has 7 nitrogen and oxygen atoms in total. The van der Waals surface area contributed by atoms with E-state index < -0.39 is 23.6 Å². The number of aliphatic carboxylic acids is 1. The fourth-order valence-electron chi connectivity index (χ4n) is 2.48. The van der Waals surface area contributed by atoms with Crippen LogP contribution in [0.4, 0.5) is 0 Å². The van der Waals surface area contributed by atoms with Gasteiger partial charge in [-0.3, -0.25) is 14.2 Å². The minimum absolute atomic E-state index is 0.250. The van der Waals surface area contributed by atoms with Gasteiger partial charge in [0.1, 0.15) is 6.04 Å². The highest BCUT2D eigenvalue weighted by Gasteiger charge is 2.26. The fourth-order valence-corrected chi connectivity index (χ4v) is 2.48. The Morgan fingerprint density at radius 1 is 1.24 bits per heavy atom. The number of rotatable bonds is 4. The number of carbonyl (C=O) groups excluding carboxylic acids is 1. The molecule has 0 aliphatic rings. The Kier molecular flexibility index (Phi) is 4.88. The van der Waals surface area contributed by atoms with Crippen molar-refractivity contribution in [3.05, 3.63) is 27.4 Å². The van der Waals surface area contributed by atoms with Crippen molar-refractivity contribution in [1.82, 2.24) is 14.5 Å². The van der Waals surface area contributed by atoms with E-state index in [-0.39, 0.29) is 5.91 Å². The van der Waals surface area contributed by atoms with E-state index in [9.17, 15) is 19.5 Å². The molecule has 1 amide bonds. The number of carbonyl (C=O) groups is 2. The van der Waals surface area contributed by atoms with Crippen LogP contribution in [0.3, 0.4) is 0 Å². The van der Waals surface area contributed by atoms with Crippen molar-refractivity contribution in [1.29, 1.82) is 0 Å². The molecule has 1 heterocycles. The fraction of sp³-hybridized carbons (Fsp3) is 0.571. The zero-order chi connectivity index (χ0) is 16.5. The normalized spacial score (nSPS) is 13.6. The summed E-state index contributed by atoms with van der Waals surface area (Å²) in [6.07, 6.45) is 0. The third-order valence-corrected chi connectivity index (χ3v) is 3.60. The van der Waals surface area contributed by atoms with E-state index >= 15 is 0 Å². The Morgan fingerprint density at radius 2 is 1.76 bits per heavy atom. The molecule has 116 valence electrons. The number of carboxylic acids is 1. The molecule has 0 spiro atoms. The van der Waals surface area contributed by atoms with Crippen molar-refractivity contribution in [3.8, 4) is 0 Å². The number of hydrogen-bond acceptors (Lipinski definition) is 4. The van der Waals surface area contributed by atoms with Gasteiger partial charge in [-0.25, -0.2) is 4.79 Å². The summed E-state index contributed by atoms with van der Waals surface area (Å²) < 4.78 is 1.25. The third-order valence-electron chi connectivity index (χ3n) is 3.60. The summed E-state index contributed by atoms with van der Waals surface area (Å²) >= 11 is 0. The number of aromatic nitrogens is 2. The summed E-state index contributed by atoms with van der Waals surface area (Å²) in [4.78, 5) is 40.7. The summed E-state index contributed by atoms with van der Waals surface area (Å²) in [7, 11) is 3.20. The zero-order valence-corrected chi connectivity index (χ0v) is 13.2. The average molecular weight is 295 g/mol. The molecule has 0 fully saturated rings. The highest BCUT2D eigenvalue weighted by molar-refractivity contribution is 5.80. The van der Waals surface area contributed by atoms with E-state index in [1.807, 2.05) is 0 Å². The first-order valence-corrected chi connectivity index (χ1v) is 6.63. The predicted octanol–water partition coefficient (Wildman–Crippen LogP) is 0.697. The van der Waals surface area contributed by atoms with Gasteiger partial charge in [-0.05, 0) is 27.7 Å². The molecule has 21 heavy (non-hydrogen) atoms. The van der Waals surface area contributed by atoms with Crippen molar-refractivity contribution in [2.75, 3.05) is 14.1 Å². The van der Waals surface area contributed by atoms with Gasteiger partial charge in [0, 0.05) is 31.0 Å². The number of aryl methyl sites for hydroxylation is 1.